The number of hydrogen-bond acceptors (Lipinski definition) is 3. The van der Waals surface area contributed by atoms with Gasteiger partial charge in [-0.3, -0.25) is 14.5 Å². The van der Waals surface area contributed by atoms with Crippen molar-refractivity contribution in [1.82, 2.24) is 15.1 Å². The van der Waals surface area contributed by atoms with Crippen LogP contribution in [-0.2, 0) is 9.59 Å². The summed E-state index contributed by atoms with van der Waals surface area (Å²) in [6, 6.07) is 0. The highest BCUT2D eigenvalue weighted by atomic mass is 19.4. The minimum Gasteiger partial charge on any atom is -0.348 e. The fraction of sp³-hybridized carbons (Fsp3) is 0.778. The molecule has 0 aromatic heterocycles. The molecule has 0 unspecified atom stereocenters. The van der Waals surface area contributed by atoms with E-state index >= 15 is 0 Å². The van der Waals surface area contributed by atoms with Crippen LogP contribution in [0.15, 0.2) is 0 Å². The molecule has 1 N–H and O–H groups in total. The second-order valence-electron chi connectivity index (χ2n) is 3.85. The molecule has 0 aromatic carbocycles. The highest BCUT2D eigenvalue weighted by molar-refractivity contribution is 5.80. The summed E-state index contributed by atoms with van der Waals surface area (Å²) >= 11 is 0. The second kappa shape index (κ2) is 6.43. The Morgan fingerprint density at radius 3 is 2.06 bits per heavy atom. The highest BCUT2D eigenvalue weighted by Gasteiger charge is 2.27. The molecule has 0 spiro atoms. The van der Waals surface area contributed by atoms with Crippen LogP contribution in [0, 0.1) is 0 Å². The molecule has 0 aliphatic rings. The number of amides is 2. The Hall–Kier alpha value is -1.31. The van der Waals surface area contributed by atoms with E-state index in [0.29, 0.717) is 0 Å². The minimum atomic E-state index is -4.42. The van der Waals surface area contributed by atoms with Crippen molar-refractivity contribution in [1.29, 1.82) is 0 Å². The van der Waals surface area contributed by atoms with Gasteiger partial charge in [-0.05, 0) is 7.05 Å². The van der Waals surface area contributed by atoms with Crippen LogP contribution in [0.1, 0.15) is 0 Å². The summed E-state index contributed by atoms with van der Waals surface area (Å²) in [6.07, 6.45) is -4.42. The zero-order valence-electron chi connectivity index (χ0n) is 9.97. The summed E-state index contributed by atoms with van der Waals surface area (Å²) in [5.41, 5.74) is 0. The van der Waals surface area contributed by atoms with Gasteiger partial charge in [0.2, 0.25) is 11.8 Å². The fourth-order valence-electron chi connectivity index (χ4n) is 0.928. The van der Waals surface area contributed by atoms with Crippen LogP contribution in [-0.4, -0.2) is 68.6 Å². The van der Waals surface area contributed by atoms with Crippen LogP contribution in [0.3, 0.4) is 0 Å². The van der Waals surface area contributed by atoms with Gasteiger partial charge in [0.1, 0.15) is 6.54 Å². The maximum Gasteiger partial charge on any atom is 0.405 e. The molecule has 0 aliphatic heterocycles. The van der Waals surface area contributed by atoms with Gasteiger partial charge in [0, 0.05) is 14.1 Å². The molecule has 0 aromatic rings. The average Bonchev–Trinajstić information content (AvgIpc) is 2.13. The average molecular weight is 255 g/mol. The van der Waals surface area contributed by atoms with Crippen molar-refractivity contribution < 1.29 is 22.8 Å². The third-order valence-corrected chi connectivity index (χ3v) is 1.80. The Morgan fingerprint density at radius 1 is 1.12 bits per heavy atom. The lowest BCUT2D eigenvalue weighted by Gasteiger charge is -2.18. The number of likely N-dealkylation sites (N-methyl/N-ethyl adjacent to an activating group) is 2. The first kappa shape index (κ1) is 15.7. The van der Waals surface area contributed by atoms with Crippen molar-refractivity contribution in [3.8, 4) is 0 Å². The van der Waals surface area contributed by atoms with E-state index in [4.69, 9.17) is 0 Å². The molecule has 0 atom stereocenters. The summed E-state index contributed by atoms with van der Waals surface area (Å²) in [6.45, 7) is -1.64. The van der Waals surface area contributed by atoms with E-state index in [-0.39, 0.29) is 19.0 Å². The van der Waals surface area contributed by atoms with Crippen molar-refractivity contribution in [2.75, 3.05) is 40.8 Å². The van der Waals surface area contributed by atoms with E-state index in [9.17, 15) is 22.8 Å². The number of rotatable bonds is 5. The molecule has 17 heavy (non-hydrogen) atoms. The first-order valence-corrected chi connectivity index (χ1v) is 4.84. The Labute approximate surface area is 97.5 Å². The van der Waals surface area contributed by atoms with Gasteiger partial charge in [0.25, 0.3) is 0 Å². The van der Waals surface area contributed by atoms with Gasteiger partial charge in [-0.15, -0.1) is 0 Å². The summed E-state index contributed by atoms with van der Waals surface area (Å²) in [5.74, 6) is -0.993. The normalized spacial score (nSPS) is 11.5. The van der Waals surface area contributed by atoms with Gasteiger partial charge in [-0.25, -0.2) is 0 Å². The molecule has 0 saturated heterocycles. The Morgan fingerprint density at radius 2 is 1.65 bits per heavy atom. The first-order chi connectivity index (χ1) is 7.61. The van der Waals surface area contributed by atoms with Crippen molar-refractivity contribution in [3.63, 3.8) is 0 Å². The Balaban J connectivity index is 3.92. The lowest BCUT2D eigenvalue weighted by Crippen LogP contribution is -2.42. The molecule has 0 bridgehead atoms. The zero-order valence-corrected chi connectivity index (χ0v) is 9.97. The van der Waals surface area contributed by atoms with E-state index in [2.05, 4.69) is 0 Å². The van der Waals surface area contributed by atoms with E-state index in [1.165, 1.54) is 16.8 Å². The number of alkyl halides is 3. The predicted octanol–water partition coefficient (Wildman–Crippen LogP) is -0.315. The van der Waals surface area contributed by atoms with Crippen molar-refractivity contribution in [2.45, 2.75) is 6.18 Å². The maximum atomic E-state index is 11.8. The zero-order chi connectivity index (χ0) is 13.6. The van der Waals surface area contributed by atoms with Crippen LogP contribution in [0.25, 0.3) is 0 Å². The molecule has 0 rings (SSSR count). The van der Waals surface area contributed by atoms with Crippen LogP contribution >= 0.6 is 0 Å². The highest BCUT2D eigenvalue weighted by Crippen LogP contribution is 2.11. The smallest absolute Gasteiger partial charge is 0.348 e. The van der Waals surface area contributed by atoms with E-state index < -0.39 is 18.6 Å². The van der Waals surface area contributed by atoms with Gasteiger partial charge < -0.3 is 10.2 Å². The van der Waals surface area contributed by atoms with E-state index in [0.717, 1.165) is 0 Å². The van der Waals surface area contributed by atoms with Crippen LogP contribution < -0.4 is 5.32 Å². The number of carbonyl (C=O) groups is 2. The lowest BCUT2D eigenvalue weighted by molar-refractivity contribution is -0.139. The topological polar surface area (TPSA) is 52.7 Å². The molecular formula is C9H16F3N3O2. The van der Waals surface area contributed by atoms with Gasteiger partial charge in [-0.1, -0.05) is 0 Å². The van der Waals surface area contributed by atoms with Gasteiger partial charge in [0.15, 0.2) is 0 Å². The summed E-state index contributed by atoms with van der Waals surface area (Å²) in [5, 5.41) is 1.73. The predicted molar refractivity (Wildman–Crippen MR) is 55.3 cm³/mol. The maximum absolute atomic E-state index is 11.8. The number of nitrogens with zero attached hydrogens (tertiary/aromatic N) is 2. The second-order valence-corrected chi connectivity index (χ2v) is 3.85. The molecule has 2 amide bonds. The van der Waals surface area contributed by atoms with E-state index in [1.807, 2.05) is 0 Å². The minimum absolute atomic E-state index is 0.0214. The number of halogens is 3. The molecule has 0 aliphatic carbocycles. The monoisotopic (exact) mass is 255 g/mol. The van der Waals surface area contributed by atoms with Gasteiger partial charge in [0.05, 0.1) is 13.1 Å². The van der Waals surface area contributed by atoms with Crippen LogP contribution in [0.4, 0.5) is 13.2 Å². The summed E-state index contributed by atoms with van der Waals surface area (Å²) in [4.78, 5) is 25.0. The number of hydrogen-bond donors (Lipinski definition) is 1. The fourth-order valence-corrected chi connectivity index (χ4v) is 0.928. The molecule has 0 radical (unpaired) electrons. The molecule has 5 nitrogen and oxygen atoms in total. The van der Waals surface area contributed by atoms with Crippen LogP contribution in [0.2, 0.25) is 0 Å². The van der Waals surface area contributed by atoms with E-state index in [1.54, 1.807) is 19.4 Å². The largest absolute Gasteiger partial charge is 0.405 e. The third-order valence-electron chi connectivity index (χ3n) is 1.80. The molecule has 0 saturated carbocycles. The van der Waals surface area contributed by atoms with Crippen molar-refractivity contribution in [3.05, 3.63) is 0 Å². The molecule has 100 valence electrons. The SMILES string of the molecule is CN(CC(=O)NCC(F)(F)F)CC(=O)N(C)C. The summed E-state index contributed by atoms with van der Waals surface area (Å²) < 4.78 is 35.3. The molecular weight excluding hydrogens is 239 g/mol. The number of nitrogens with one attached hydrogen (secondary N) is 1. The number of carbonyl (C=O) groups excluding carboxylic acids is 2. The van der Waals surface area contributed by atoms with Gasteiger partial charge >= 0.3 is 6.18 Å². The quantitative estimate of drug-likeness (QED) is 0.733. The standard InChI is InChI=1S/C9H16F3N3O2/c1-14(2)8(17)5-15(3)4-7(16)13-6-9(10,11)12/h4-6H2,1-3H3,(H,13,16). The Kier molecular flexibility index (Phi) is 5.94. The summed E-state index contributed by atoms with van der Waals surface area (Å²) in [7, 11) is 4.59. The third kappa shape index (κ3) is 8.49. The Bertz CT molecular complexity index is 279. The first-order valence-electron chi connectivity index (χ1n) is 4.84. The molecule has 0 heterocycles. The molecule has 0 fully saturated rings. The van der Waals surface area contributed by atoms with Gasteiger partial charge in [-0.2, -0.15) is 13.2 Å². The van der Waals surface area contributed by atoms with Crippen LogP contribution in [0.5, 0.6) is 0 Å². The van der Waals surface area contributed by atoms with Crippen molar-refractivity contribution in [2.24, 2.45) is 0 Å². The van der Waals surface area contributed by atoms with Crippen molar-refractivity contribution >= 4 is 11.8 Å². The molecule has 8 heteroatoms. The lowest BCUT2D eigenvalue weighted by atomic mass is 10.4.